The van der Waals surface area contributed by atoms with Gasteiger partial charge in [-0.1, -0.05) is 13.8 Å². The van der Waals surface area contributed by atoms with Crippen molar-refractivity contribution in [3.05, 3.63) is 10.7 Å². The smallest absolute Gasteiger partial charge is 0.224 e. The number of nitrogens with zero attached hydrogens (tertiary/aromatic N) is 4. The maximum absolute atomic E-state index is 4.56. The minimum Gasteiger partial charge on any atom is -0.357 e. The molecule has 1 atom stereocenters. The second-order valence-electron chi connectivity index (χ2n) is 4.72. The van der Waals surface area contributed by atoms with Gasteiger partial charge >= 0.3 is 0 Å². The van der Waals surface area contributed by atoms with Crippen LogP contribution in [0.1, 0.15) is 20.3 Å². The summed E-state index contributed by atoms with van der Waals surface area (Å²) in [6.45, 7) is 8.78. The first-order valence-electron chi connectivity index (χ1n) is 6.88. The molecule has 0 aromatic carbocycles. The molecule has 0 saturated carbocycles. The second kappa shape index (κ2) is 6.52. The Morgan fingerprint density at radius 1 is 1.47 bits per heavy atom. The average molecular weight is 328 g/mol. The molecule has 6 heteroatoms. The fraction of sp³-hybridized carbons (Fsp3) is 0.692. The van der Waals surface area contributed by atoms with Crippen LogP contribution in [-0.4, -0.2) is 54.1 Å². The summed E-state index contributed by atoms with van der Waals surface area (Å²) in [4.78, 5) is 13.6. The molecule has 1 aliphatic rings. The molecular formula is C13H22BrN5. The van der Waals surface area contributed by atoms with Crippen molar-refractivity contribution >= 4 is 27.7 Å². The predicted molar refractivity (Wildman–Crippen MR) is 82.8 cm³/mol. The van der Waals surface area contributed by atoms with Gasteiger partial charge in [0.2, 0.25) is 5.95 Å². The average Bonchev–Trinajstić information content (AvgIpc) is 2.90. The van der Waals surface area contributed by atoms with E-state index in [-0.39, 0.29) is 0 Å². The first kappa shape index (κ1) is 14.5. The third-order valence-corrected chi connectivity index (χ3v) is 4.30. The van der Waals surface area contributed by atoms with Crippen LogP contribution in [-0.2, 0) is 0 Å². The fourth-order valence-electron chi connectivity index (χ4n) is 2.67. The molecule has 0 amide bonds. The standard InChI is InChI=1S/C13H22BrN5/c1-4-18(5-2)10-6-7-19(9-10)12-11(14)8-16-13(15-3)17-12/h8,10H,4-7,9H2,1-3H3,(H,15,16,17). The molecule has 1 aliphatic heterocycles. The first-order chi connectivity index (χ1) is 9.19. The summed E-state index contributed by atoms with van der Waals surface area (Å²) >= 11 is 3.55. The monoisotopic (exact) mass is 327 g/mol. The summed E-state index contributed by atoms with van der Waals surface area (Å²) < 4.78 is 0.965. The van der Waals surface area contributed by atoms with E-state index in [4.69, 9.17) is 0 Å². The Morgan fingerprint density at radius 3 is 2.84 bits per heavy atom. The molecule has 19 heavy (non-hydrogen) atoms. The summed E-state index contributed by atoms with van der Waals surface area (Å²) in [6.07, 6.45) is 3.02. The largest absolute Gasteiger partial charge is 0.357 e. The lowest BCUT2D eigenvalue weighted by Gasteiger charge is -2.26. The Bertz CT molecular complexity index is 421. The van der Waals surface area contributed by atoms with Crippen molar-refractivity contribution < 1.29 is 0 Å². The van der Waals surface area contributed by atoms with Crippen LogP contribution in [0.15, 0.2) is 10.7 Å². The molecule has 1 saturated heterocycles. The summed E-state index contributed by atoms with van der Waals surface area (Å²) in [5.74, 6) is 1.67. The van der Waals surface area contributed by atoms with Gasteiger partial charge in [-0.25, -0.2) is 4.98 Å². The lowest BCUT2D eigenvalue weighted by molar-refractivity contribution is 0.232. The molecule has 1 aromatic rings. The summed E-state index contributed by atoms with van der Waals surface area (Å²) in [5.41, 5.74) is 0. The molecule has 0 bridgehead atoms. The summed E-state index contributed by atoms with van der Waals surface area (Å²) in [6, 6.07) is 0.634. The van der Waals surface area contributed by atoms with Crippen LogP contribution in [0.5, 0.6) is 0 Å². The highest BCUT2D eigenvalue weighted by atomic mass is 79.9. The van der Waals surface area contributed by atoms with E-state index in [1.807, 2.05) is 13.2 Å². The SMILES string of the molecule is CCN(CC)C1CCN(c2nc(NC)ncc2Br)C1. The zero-order valence-electron chi connectivity index (χ0n) is 11.9. The van der Waals surface area contributed by atoms with Gasteiger partial charge < -0.3 is 10.2 Å². The molecule has 5 nitrogen and oxygen atoms in total. The molecule has 106 valence electrons. The molecular weight excluding hydrogens is 306 g/mol. The lowest BCUT2D eigenvalue weighted by atomic mass is 10.2. The predicted octanol–water partition coefficient (Wildman–Crippen LogP) is 2.20. The van der Waals surface area contributed by atoms with E-state index >= 15 is 0 Å². The van der Waals surface area contributed by atoms with E-state index in [2.05, 4.69) is 54.9 Å². The van der Waals surface area contributed by atoms with Crippen molar-refractivity contribution in [2.75, 3.05) is 43.4 Å². The van der Waals surface area contributed by atoms with Crippen molar-refractivity contribution in [2.24, 2.45) is 0 Å². The molecule has 1 unspecified atom stereocenters. The molecule has 1 aromatic heterocycles. The van der Waals surface area contributed by atoms with Gasteiger partial charge in [-0.2, -0.15) is 4.98 Å². The third kappa shape index (κ3) is 3.17. The van der Waals surface area contributed by atoms with Crippen LogP contribution < -0.4 is 10.2 Å². The Morgan fingerprint density at radius 2 is 2.21 bits per heavy atom. The lowest BCUT2D eigenvalue weighted by Crippen LogP contribution is -2.37. The van der Waals surface area contributed by atoms with Crippen molar-refractivity contribution in [3.8, 4) is 0 Å². The minimum atomic E-state index is 0.634. The van der Waals surface area contributed by atoms with Crippen molar-refractivity contribution in [3.63, 3.8) is 0 Å². The molecule has 0 aliphatic carbocycles. The van der Waals surface area contributed by atoms with E-state index in [0.717, 1.165) is 36.5 Å². The van der Waals surface area contributed by atoms with E-state index in [1.54, 1.807) is 0 Å². The second-order valence-corrected chi connectivity index (χ2v) is 5.58. The highest BCUT2D eigenvalue weighted by molar-refractivity contribution is 9.10. The zero-order valence-corrected chi connectivity index (χ0v) is 13.4. The van der Waals surface area contributed by atoms with Crippen molar-refractivity contribution in [1.82, 2.24) is 14.9 Å². The number of hydrogen-bond donors (Lipinski definition) is 1. The van der Waals surface area contributed by atoms with Crippen LogP contribution in [0.4, 0.5) is 11.8 Å². The van der Waals surface area contributed by atoms with E-state index in [0.29, 0.717) is 12.0 Å². The van der Waals surface area contributed by atoms with Gasteiger partial charge in [-0.15, -0.1) is 0 Å². The topological polar surface area (TPSA) is 44.3 Å². The normalized spacial score (nSPS) is 19.2. The van der Waals surface area contributed by atoms with Gasteiger partial charge in [0.15, 0.2) is 0 Å². The number of aromatic nitrogens is 2. The van der Waals surface area contributed by atoms with Gasteiger partial charge in [-0.3, -0.25) is 4.90 Å². The van der Waals surface area contributed by atoms with Gasteiger partial charge in [-0.05, 0) is 35.4 Å². The quantitative estimate of drug-likeness (QED) is 0.898. The number of nitrogens with one attached hydrogen (secondary N) is 1. The van der Waals surface area contributed by atoms with Gasteiger partial charge in [0, 0.05) is 32.4 Å². The van der Waals surface area contributed by atoms with Crippen LogP contribution >= 0.6 is 15.9 Å². The highest BCUT2D eigenvalue weighted by Gasteiger charge is 2.28. The zero-order chi connectivity index (χ0) is 13.8. The minimum absolute atomic E-state index is 0.634. The Labute approximate surface area is 123 Å². The molecule has 1 fully saturated rings. The van der Waals surface area contributed by atoms with Gasteiger partial charge in [0.05, 0.1) is 4.47 Å². The Kier molecular flexibility index (Phi) is 4.99. The molecule has 2 heterocycles. The van der Waals surface area contributed by atoms with Gasteiger partial charge in [0.1, 0.15) is 5.82 Å². The van der Waals surface area contributed by atoms with Crippen LogP contribution in [0.25, 0.3) is 0 Å². The molecule has 2 rings (SSSR count). The fourth-order valence-corrected chi connectivity index (χ4v) is 3.11. The first-order valence-corrected chi connectivity index (χ1v) is 7.68. The number of likely N-dealkylation sites (N-methyl/N-ethyl adjacent to an activating group) is 1. The Hall–Kier alpha value is -0.880. The third-order valence-electron chi connectivity index (χ3n) is 3.74. The highest BCUT2D eigenvalue weighted by Crippen LogP contribution is 2.28. The maximum Gasteiger partial charge on any atom is 0.224 e. The van der Waals surface area contributed by atoms with Crippen LogP contribution in [0, 0.1) is 0 Å². The maximum atomic E-state index is 4.56. The molecule has 0 radical (unpaired) electrons. The van der Waals surface area contributed by atoms with E-state index in [1.165, 1.54) is 6.42 Å². The number of hydrogen-bond acceptors (Lipinski definition) is 5. The van der Waals surface area contributed by atoms with Crippen LogP contribution in [0.3, 0.4) is 0 Å². The molecule has 1 N–H and O–H groups in total. The van der Waals surface area contributed by atoms with Crippen molar-refractivity contribution in [1.29, 1.82) is 0 Å². The number of anilines is 2. The summed E-state index contributed by atoms with van der Waals surface area (Å²) in [7, 11) is 1.84. The van der Waals surface area contributed by atoms with E-state index < -0.39 is 0 Å². The van der Waals surface area contributed by atoms with E-state index in [9.17, 15) is 0 Å². The van der Waals surface area contributed by atoms with Gasteiger partial charge in [0.25, 0.3) is 0 Å². The van der Waals surface area contributed by atoms with Crippen LogP contribution in [0.2, 0.25) is 0 Å². The number of rotatable bonds is 5. The number of halogens is 1. The van der Waals surface area contributed by atoms with Crippen molar-refractivity contribution in [2.45, 2.75) is 26.3 Å². The Balaban J connectivity index is 2.12. The molecule has 0 spiro atoms. The summed E-state index contributed by atoms with van der Waals surface area (Å²) in [5, 5.41) is 2.99.